The van der Waals surface area contributed by atoms with Crippen LogP contribution in [0.3, 0.4) is 0 Å². The van der Waals surface area contributed by atoms with Gasteiger partial charge in [0.2, 0.25) is 0 Å². The molecule has 0 aromatic heterocycles. The summed E-state index contributed by atoms with van der Waals surface area (Å²) >= 11 is 0. The van der Waals surface area contributed by atoms with E-state index in [0.717, 1.165) is 57.9 Å². The molecule has 5 nitrogen and oxygen atoms in total. The first-order valence-electron chi connectivity index (χ1n) is 9.15. The van der Waals surface area contributed by atoms with Gasteiger partial charge in [-0.3, -0.25) is 4.90 Å². The SMILES string of the molecule is CCNC(=O)N1CC2(CCN(CCOCC)CC2)c2ccccc21. The summed E-state index contributed by atoms with van der Waals surface area (Å²) in [4.78, 5) is 16.9. The third-order valence-corrected chi connectivity index (χ3v) is 5.37. The van der Waals surface area contributed by atoms with Gasteiger partial charge < -0.3 is 15.0 Å². The number of amides is 2. The number of benzene rings is 1. The molecule has 1 aromatic carbocycles. The molecule has 1 fully saturated rings. The number of para-hydroxylation sites is 1. The van der Waals surface area contributed by atoms with Crippen molar-refractivity contribution in [1.29, 1.82) is 0 Å². The Kier molecular flexibility index (Phi) is 5.41. The highest BCUT2D eigenvalue weighted by Gasteiger charge is 2.45. The first-order chi connectivity index (χ1) is 11.7. The lowest BCUT2D eigenvalue weighted by Gasteiger charge is -2.39. The summed E-state index contributed by atoms with van der Waals surface area (Å²) in [6, 6.07) is 8.45. The van der Waals surface area contributed by atoms with Gasteiger partial charge in [-0.2, -0.15) is 0 Å². The third kappa shape index (κ3) is 3.28. The number of fused-ring (bicyclic) bond motifs is 2. The van der Waals surface area contributed by atoms with Crippen molar-refractivity contribution >= 4 is 11.7 Å². The summed E-state index contributed by atoms with van der Waals surface area (Å²) in [5, 5.41) is 2.95. The number of hydrogen-bond donors (Lipinski definition) is 1. The number of urea groups is 1. The molecule has 2 aliphatic heterocycles. The van der Waals surface area contributed by atoms with E-state index in [9.17, 15) is 4.79 Å². The summed E-state index contributed by atoms with van der Waals surface area (Å²) in [6.45, 7) is 10.2. The van der Waals surface area contributed by atoms with E-state index in [1.54, 1.807) is 0 Å². The van der Waals surface area contributed by atoms with Gasteiger partial charge in [-0.1, -0.05) is 18.2 Å². The van der Waals surface area contributed by atoms with Gasteiger partial charge in [0.05, 0.1) is 6.61 Å². The van der Waals surface area contributed by atoms with Crippen molar-refractivity contribution < 1.29 is 9.53 Å². The van der Waals surface area contributed by atoms with Gasteiger partial charge in [-0.25, -0.2) is 4.79 Å². The molecule has 2 heterocycles. The fraction of sp³-hybridized carbons (Fsp3) is 0.632. The predicted octanol–water partition coefficient (Wildman–Crippen LogP) is 2.61. The molecule has 0 unspecified atom stereocenters. The lowest BCUT2D eigenvalue weighted by Crippen LogP contribution is -2.48. The van der Waals surface area contributed by atoms with Crippen molar-refractivity contribution in [3.63, 3.8) is 0 Å². The molecule has 0 radical (unpaired) electrons. The first-order valence-corrected chi connectivity index (χ1v) is 9.15. The highest BCUT2D eigenvalue weighted by atomic mass is 16.5. The van der Waals surface area contributed by atoms with Gasteiger partial charge in [0.25, 0.3) is 0 Å². The molecule has 1 spiro atoms. The fourth-order valence-electron chi connectivity index (χ4n) is 4.03. The molecule has 0 bridgehead atoms. The molecule has 1 aromatic rings. The van der Waals surface area contributed by atoms with Crippen molar-refractivity contribution in [3.05, 3.63) is 29.8 Å². The molecule has 1 N–H and O–H groups in total. The van der Waals surface area contributed by atoms with E-state index in [4.69, 9.17) is 4.74 Å². The second-order valence-corrected chi connectivity index (χ2v) is 6.76. The Hall–Kier alpha value is -1.59. The van der Waals surface area contributed by atoms with Crippen molar-refractivity contribution in [2.75, 3.05) is 50.8 Å². The molecule has 2 aliphatic rings. The van der Waals surface area contributed by atoms with Crippen LogP contribution in [0.15, 0.2) is 24.3 Å². The second-order valence-electron chi connectivity index (χ2n) is 6.76. The number of hydrogen-bond acceptors (Lipinski definition) is 3. The molecule has 1 saturated heterocycles. The maximum Gasteiger partial charge on any atom is 0.321 e. The molecule has 0 atom stereocenters. The number of piperidine rings is 1. The predicted molar refractivity (Wildman–Crippen MR) is 96.7 cm³/mol. The third-order valence-electron chi connectivity index (χ3n) is 5.37. The lowest BCUT2D eigenvalue weighted by molar-refractivity contribution is 0.0912. The van der Waals surface area contributed by atoms with E-state index in [1.165, 1.54) is 5.56 Å². The number of carbonyl (C=O) groups excluding carboxylic acids is 1. The summed E-state index contributed by atoms with van der Waals surface area (Å²) < 4.78 is 5.48. The average molecular weight is 331 g/mol. The number of nitrogens with zero attached hydrogens (tertiary/aromatic N) is 2. The van der Waals surface area contributed by atoms with Gasteiger partial charge in [0.1, 0.15) is 0 Å². The van der Waals surface area contributed by atoms with Crippen molar-refractivity contribution in [1.82, 2.24) is 10.2 Å². The maximum atomic E-state index is 12.5. The van der Waals surface area contributed by atoms with Crippen LogP contribution >= 0.6 is 0 Å². The number of carbonyl (C=O) groups is 1. The van der Waals surface area contributed by atoms with Crippen LogP contribution in [-0.2, 0) is 10.2 Å². The fourth-order valence-corrected chi connectivity index (χ4v) is 4.03. The second kappa shape index (κ2) is 7.53. The summed E-state index contributed by atoms with van der Waals surface area (Å²) in [7, 11) is 0. The Balaban J connectivity index is 1.72. The van der Waals surface area contributed by atoms with Crippen molar-refractivity contribution in [2.45, 2.75) is 32.1 Å². The quantitative estimate of drug-likeness (QED) is 0.844. The van der Waals surface area contributed by atoms with Gasteiger partial charge in [-0.15, -0.1) is 0 Å². The molecular formula is C19H29N3O2. The number of likely N-dealkylation sites (tertiary alicyclic amines) is 1. The molecule has 132 valence electrons. The van der Waals surface area contributed by atoms with E-state index < -0.39 is 0 Å². The Morgan fingerprint density at radius 3 is 2.71 bits per heavy atom. The number of ether oxygens (including phenoxy) is 1. The largest absolute Gasteiger partial charge is 0.380 e. The van der Waals surface area contributed by atoms with Gasteiger partial charge in [0.15, 0.2) is 0 Å². The first kappa shape index (κ1) is 17.2. The molecule has 2 amide bonds. The smallest absolute Gasteiger partial charge is 0.321 e. The minimum Gasteiger partial charge on any atom is -0.380 e. The van der Waals surface area contributed by atoms with Crippen LogP contribution in [0.1, 0.15) is 32.3 Å². The zero-order chi connectivity index (χ0) is 17.0. The summed E-state index contributed by atoms with van der Waals surface area (Å²) in [6.07, 6.45) is 2.21. The number of rotatable bonds is 5. The minimum absolute atomic E-state index is 0.0283. The van der Waals surface area contributed by atoms with E-state index in [-0.39, 0.29) is 11.4 Å². The van der Waals surface area contributed by atoms with Gasteiger partial charge >= 0.3 is 6.03 Å². The Labute approximate surface area is 145 Å². The van der Waals surface area contributed by atoms with Crippen LogP contribution in [0.2, 0.25) is 0 Å². The van der Waals surface area contributed by atoms with Gasteiger partial charge in [0, 0.05) is 37.3 Å². The minimum atomic E-state index is 0.0283. The standard InChI is InChI=1S/C19H29N3O2/c1-3-20-18(23)22-15-19(16-7-5-6-8-17(16)22)9-11-21(12-10-19)13-14-24-4-2/h5-8H,3-4,9-15H2,1-2H3,(H,20,23). The number of anilines is 1. The highest BCUT2D eigenvalue weighted by Crippen LogP contribution is 2.46. The highest BCUT2D eigenvalue weighted by molar-refractivity contribution is 5.95. The normalized spacial score (nSPS) is 19.5. The van der Waals surface area contributed by atoms with E-state index >= 15 is 0 Å². The van der Waals surface area contributed by atoms with Crippen LogP contribution < -0.4 is 10.2 Å². The van der Waals surface area contributed by atoms with Crippen LogP contribution in [0.4, 0.5) is 10.5 Å². The summed E-state index contributed by atoms with van der Waals surface area (Å²) in [5.74, 6) is 0. The Morgan fingerprint density at radius 1 is 1.25 bits per heavy atom. The van der Waals surface area contributed by atoms with Crippen molar-refractivity contribution in [2.24, 2.45) is 0 Å². The van der Waals surface area contributed by atoms with Gasteiger partial charge in [-0.05, 0) is 51.4 Å². The van der Waals surface area contributed by atoms with Crippen LogP contribution in [-0.4, -0.2) is 56.9 Å². The van der Waals surface area contributed by atoms with Crippen LogP contribution in [0.25, 0.3) is 0 Å². The Morgan fingerprint density at radius 2 is 2.00 bits per heavy atom. The zero-order valence-corrected chi connectivity index (χ0v) is 14.9. The molecule has 0 aliphatic carbocycles. The molecule has 5 heteroatoms. The maximum absolute atomic E-state index is 12.5. The van der Waals surface area contributed by atoms with Crippen LogP contribution in [0, 0.1) is 0 Å². The van der Waals surface area contributed by atoms with E-state index in [0.29, 0.717) is 6.54 Å². The topological polar surface area (TPSA) is 44.8 Å². The Bertz CT molecular complexity index is 567. The molecule has 24 heavy (non-hydrogen) atoms. The van der Waals surface area contributed by atoms with E-state index in [1.807, 2.05) is 24.8 Å². The van der Waals surface area contributed by atoms with Crippen LogP contribution in [0.5, 0.6) is 0 Å². The monoisotopic (exact) mass is 331 g/mol. The lowest BCUT2D eigenvalue weighted by atomic mass is 9.74. The average Bonchev–Trinajstić information content (AvgIpc) is 2.92. The van der Waals surface area contributed by atoms with Crippen molar-refractivity contribution in [3.8, 4) is 0 Å². The van der Waals surface area contributed by atoms with E-state index in [2.05, 4.69) is 28.4 Å². The molecule has 3 rings (SSSR count). The zero-order valence-electron chi connectivity index (χ0n) is 14.9. The summed E-state index contributed by atoms with van der Waals surface area (Å²) in [5.41, 5.74) is 2.55. The number of nitrogens with one attached hydrogen (secondary N) is 1. The molecular weight excluding hydrogens is 302 g/mol. The molecule has 0 saturated carbocycles.